The molecule has 1 aromatic carbocycles. The number of rotatable bonds is 6. The summed E-state index contributed by atoms with van der Waals surface area (Å²) in [5, 5.41) is 3.18. The van der Waals surface area contributed by atoms with E-state index in [-0.39, 0.29) is 11.8 Å². The van der Waals surface area contributed by atoms with E-state index in [9.17, 15) is 9.59 Å². The second-order valence-corrected chi connectivity index (χ2v) is 5.93. The molecule has 0 saturated carbocycles. The monoisotopic (exact) mass is 373 g/mol. The summed E-state index contributed by atoms with van der Waals surface area (Å²) in [6, 6.07) is 13.4. The van der Waals surface area contributed by atoms with Gasteiger partial charge in [0, 0.05) is 5.56 Å². The van der Waals surface area contributed by atoms with E-state index in [1.807, 2.05) is 6.07 Å². The predicted octanol–water partition coefficient (Wildman–Crippen LogP) is 4.23. The van der Waals surface area contributed by atoms with Gasteiger partial charge in [-0.15, -0.1) is 0 Å². The molecule has 0 aliphatic heterocycles. The number of benzene rings is 1. The van der Waals surface area contributed by atoms with Crippen LogP contribution in [0.5, 0.6) is 0 Å². The van der Waals surface area contributed by atoms with Crippen LogP contribution in [0.2, 0.25) is 5.02 Å². The molecule has 134 valence electrons. The number of esters is 1. The van der Waals surface area contributed by atoms with E-state index >= 15 is 0 Å². The van der Waals surface area contributed by atoms with Gasteiger partial charge in [0.15, 0.2) is 6.61 Å². The zero-order valence-corrected chi connectivity index (χ0v) is 14.7. The topological polar surface area (TPSA) is 81.7 Å². The van der Waals surface area contributed by atoms with Crippen LogP contribution in [0, 0.1) is 0 Å². The van der Waals surface area contributed by atoms with Crippen molar-refractivity contribution in [2.75, 3.05) is 6.61 Å². The molecule has 3 rings (SSSR count). The highest BCUT2D eigenvalue weighted by atomic mass is 35.5. The van der Waals surface area contributed by atoms with E-state index in [1.54, 1.807) is 43.3 Å². The highest BCUT2D eigenvalue weighted by molar-refractivity contribution is 6.33. The van der Waals surface area contributed by atoms with Crippen LogP contribution < -0.4 is 5.32 Å². The fraction of sp³-hybridized carbons (Fsp3) is 0.158. The molecule has 0 aliphatic carbocycles. The molecule has 1 amide bonds. The second kappa shape index (κ2) is 7.93. The third-order valence-electron chi connectivity index (χ3n) is 3.63. The zero-order chi connectivity index (χ0) is 18.5. The molecule has 0 spiro atoms. The van der Waals surface area contributed by atoms with Crippen LogP contribution in [0.1, 0.15) is 29.3 Å². The van der Waals surface area contributed by atoms with Crippen LogP contribution in [0.3, 0.4) is 0 Å². The van der Waals surface area contributed by atoms with E-state index in [2.05, 4.69) is 5.32 Å². The van der Waals surface area contributed by atoms with Crippen molar-refractivity contribution in [3.63, 3.8) is 0 Å². The van der Waals surface area contributed by atoms with Gasteiger partial charge in [0.05, 0.1) is 17.3 Å². The van der Waals surface area contributed by atoms with Crippen molar-refractivity contribution in [2.45, 2.75) is 13.0 Å². The summed E-state index contributed by atoms with van der Waals surface area (Å²) in [6.45, 7) is 1.34. The molecule has 7 heteroatoms. The minimum absolute atomic E-state index is 0.00759. The number of ether oxygens (including phenoxy) is 1. The quantitative estimate of drug-likeness (QED) is 0.654. The Morgan fingerprint density at radius 1 is 1.15 bits per heavy atom. The van der Waals surface area contributed by atoms with Crippen LogP contribution in [0.4, 0.5) is 0 Å². The number of furan rings is 2. The minimum atomic E-state index is -0.732. The zero-order valence-electron chi connectivity index (χ0n) is 13.9. The Balaban J connectivity index is 1.55. The summed E-state index contributed by atoms with van der Waals surface area (Å²) in [7, 11) is 0. The van der Waals surface area contributed by atoms with Crippen LogP contribution in [-0.2, 0) is 9.53 Å². The summed E-state index contributed by atoms with van der Waals surface area (Å²) < 4.78 is 15.7. The fourth-order valence-corrected chi connectivity index (χ4v) is 2.58. The van der Waals surface area contributed by atoms with Crippen molar-refractivity contribution < 1.29 is 23.2 Å². The summed E-state index contributed by atoms with van der Waals surface area (Å²) in [5.74, 6) is -0.130. The van der Waals surface area contributed by atoms with Crippen molar-refractivity contribution in [1.29, 1.82) is 0 Å². The Morgan fingerprint density at radius 2 is 1.96 bits per heavy atom. The molecule has 0 bridgehead atoms. The normalized spacial score (nSPS) is 11.8. The van der Waals surface area contributed by atoms with Gasteiger partial charge in [-0.3, -0.25) is 4.79 Å². The van der Waals surface area contributed by atoms with Gasteiger partial charge in [0.1, 0.15) is 11.5 Å². The number of halogens is 1. The lowest BCUT2D eigenvalue weighted by Gasteiger charge is -2.11. The van der Waals surface area contributed by atoms with Gasteiger partial charge in [0.25, 0.3) is 5.91 Å². The van der Waals surface area contributed by atoms with E-state index < -0.39 is 18.5 Å². The van der Waals surface area contributed by atoms with Gasteiger partial charge < -0.3 is 18.9 Å². The maximum absolute atomic E-state index is 12.0. The summed E-state index contributed by atoms with van der Waals surface area (Å²) in [6.07, 6.45) is 1.52. The lowest BCUT2D eigenvalue weighted by molar-refractivity contribution is -0.125. The fourth-order valence-electron chi connectivity index (χ4n) is 2.35. The molecule has 6 nitrogen and oxygen atoms in total. The van der Waals surface area contributed by atoms with Gasteiger partial charge >= 0.3 is 5.97 Å². The molecule has 3 aromatic rings. The molecule has 0 unspecified atom stereocenters. The third-order valence-corrected chi connectivity index (χ3v) is 3.96. The first kappa shape index (κ1) is 17.8. The number of nitrogens with one attached hydrogen (secondary N) is 1. The highest BCUT2D eigenvalue weighted by Gasteiger charge is 2.18. The number of carbonyl (C=O) groups excluding carboxylic acids is 2. The molecular formula is C19H16ClNO5. The third kappa shape index (κ3) is 4.15. The first-order valence-corrected chi connectivity index (χ1v) is 8.27. The lowest BCUT2D eigenvalue weighted by atomic mass is 10.2. The molecule has 0 saturated heterocycles. The van der Waals surface area contributed by atoms with E-state index in [1.165, 1.54) is 12.3 Å². The molecule has 26 heavy (non-hydrogen) atoms. The summed E-state index contributed by atoms with van der Waals surface area (Å²) in [4.78, 5) is 23.9. The van der Waals surface area contributed by atoms with Gasteiger partial charge in [-0.2, -0.15) is 0 Å². The van der Waals surface area contributed by atoms with Crippen LogP contribution in [-0.4, -0.2) is 18.5 Å². The SMILES string of the molecule is C[C@@H](NC(=O)COC(=O)c1ccc(-c2ccccc2Cl)o1)c1ccco1. The van der Waals surface area contributed by atoms with Gasteiger partial charge in [-0.25, -0.2) is 4.79 Å². The highest BCUT2D eigenvalue weighted by Crippen LogP contribution is 2.29. The Bertz CT molecular complexity index is 900. The molecule has 0 aliphatic rings. The second-order valence-electron chi connectivity index (χ2n) is 5.52. The number of hydrogen-bond donors (Lipinski definition) is 1. The van der Waals surface area contributed by atoms with E-state index in [4.69, 9.17) is 25.2 Å². The Labute approximate surface area is 154 Å². The maximum atomic E-state index is 12.0. The van der Waals surface area contributed by atoms with Gasteiger partial charge in [-0.1, -0.05) is 23.7 Å². The van der Waals surface area contributed by atoms with E-state index in [0.29, 0.717) is 22.1 Å². The average molecular weight is 374 g/mol. The molecule has 2 aromatic heterocycles. The maximum Gasteiger partial charge on any atom is 0.374 e. The molecule has 1 atom stereocenters. The Kier molecular flexibility index (Phi) is 5.43. The van der Waals surface area contributed by atoms with Crippen LogP contribution >= 0.6 is 11.6 Å². The standard InChI is InChI=1S/C19H16ClNO5/c1-12(15-7-4-10-24-15)21-18(22)11-25-19(23)17-9-8-16(26-17)13-5-2-3-6-14(13)20/h2-10,12H,11H2,1H3,(H,21,22)/t12-/m1/s1. The van der Waals surface area contributed by atoms with Gasteiger partial charge in [-0.05, 0) is 43.3 Å². The lowest BCUT2D eigenvalue weighted by Crippen LogP contribution is -2.30. The smallest absolute Gasteiger partial charge is 0.374 e. The van der Waals surface area contributed by atoms with Crippen molar-refractivity contribution in [2.24, 2.45) is 0 Å². The van der Waals surface area contributed by atoms with Gasteiger partial charge in [0.2, 0.25) is 5.76 Å². The number of amides is 1. The Morgan fingerprint density at radius 3 is 2.69 bits per heavy atom. The van der Waals surface area contributed by atoms with Crippen molar-refractivity contribution in [3.8, 4) is 11.3 Å². The van der Waals surface area contributed by atoms with E-state index in [0.717, 1.165) is 0 Å². The molecule has 0 fully saturated rings. The van der Waals surface area contributed by atoms with Crippen LogP contribution in [0.25, 0.3) is 11.3 Å². The van der Waals surface area contributed by atoms with Crippen molar-refractivity contribution in [1.82, 2.24) is 5.32 Å². The largest absolute Gasteiger partial charge is 0.467 e. The molecular weight excluding hydrogens is 358 g/mol. The Hall–Kier alpha value is -2.99. The van der Waals surface area contributed by atoms with Crippen molar-refractivity contribution in [3.05, 3.63) is 71.3 Å². The average Bonchev–Trinajstić information content (AvgIpc) is 3.32. The molecule has 0 radical (unpaired) electrons. The first-order chi connectivity index (χ1) is 12.5. The summed E-state index contributed by atoms with van der Waals surface area (Å²) >= 11 is 6.10. The van der Waals surface area contributed by atoms with Crippen LogP contribution in [0.15, 0.2) is 63.6 Å². The van der Waals surface area contributed by atoms with Crippen molar-refractivity contribution >= 4 is 23.5 Å². The summed E-state index contributed by atoms with van der Waals surface area (Å²) in [5.41, 5.74) is 0.665. The minimum Gasteiger partial charge on any atom is -0.467 e. The first-order valence-electron chi connectivity index (χ1n) is 7.89. The molecule has 2 heterocycles. The number of carbonyl (C=O) groups is 2. The molecule has 1 N–H and O–H groups in total. The number of hydrogen-bond acceptors (Lipinski definition) is 5. The predicted molar refractivity (Wildman–Crippen MR) is 94.7 cm³/mol.